The van der Waals surface area contributed by atoms with Crippen molar-refractivity contribution in [2.45, 2.75) is 6.54 Å². The second kappa shape index (κ2) is 6.37. The normalized spacial score (nSPS) is 10.2. The molecule has 1 amide bonds. The number of carbonyl (C=O) groups is 1. The third-order valence-corrected chi connectivity index (χ3v) is 3.41. The van der Waals surface area contributed by atoms with Crippen molar-refractivity contribution < 1.29 is 9.53 Å². The maximum absolute atomic E-state index is 11.4. The van der Waals surface area contributed by atoms with E-state index in [4.69, 9.17) is 27.8 Å². The highest BCUT2D eigenvalue weighted by molar-refractivity contribution is 6.31. The molecule has 0 bridgehead atoms. The summed E-state index contributed by atoms with van der Waals surface area (Å²) in [6.45, 7) is 0.382. The number of hydrogen-bond acceptors (Lipinski definition) is 4. The number of methoxy groups -OCH3 is 1. The zero-order valence-corrected chi connectivity index (χ0v) is 12.3. The third kappa shape index (κ3) is 3.38. The first kappa shape index (κ1) is 15.0. The summed E-state index contributed by atoms with van der Waals surface area (Å²) in [5.41, 5.74) is 13.3. The van der Waals surface area contributed by atoms with Crippen LogP contribution in [0.5, 0.6) is 5.75 Å². The molecule has 0 aliphatic carbocycles. The second-order valence-corrected chi connectivity index (χ2v) is 4.85. The van der Waals surface area contributed by atoms with E-state index in [0.717, 1.165) is 5.56 Å². The van der Waals surface area contributed by atoms with E-state index in [1.807, 2.05) is 6.07 Å². The first-order chi connectivity index (χ1) is 10.0. The highest BCUT2D eigenvalue weighted by atomic mass is 35.5. The summed E-state index contributed by atoms with van der Waals surface area (Å²) in [5.74, 6) is 0.142. The predicted octanol–water partition coefficient (Wildman–Crippen LogP) is 2.64. The minimum atomic E-state index is -0.524. The summed E-state index contributed by atoms with van der Waals surface area (Å²) < 4.78 is 5.28. The smallest absolute Gasteiger partial charge is 0.250 e. The number of nitrogen functional groups attached to an aromatic ring is 1. The van der Waals surface area contributed by atoms with Gasteiger partial charge in [-0.3, -0.25) is 4.79 Å². The summed E-state index contributed by atoms with van der Waals surface area (Å²) >= 11 is 6.17. The Bertz CT molecular complexity index is 674. The number of nitrogens with one attached hydrogen (secondary N) is 1. The Morgan fingerprint density at radius 1 is 1.33 bits per heavy atom. The van der Waals surface area contributed by atoms with Crippen LogP contribution in [0.4, 0.5) is 11.4 Å². The SMILES string of the molecule is COc1cccc(Cl)c1CNc1cc(N)ccc1C(N)=O. The molecule has 0 unspecified atom stereocenters. The van der Waals surface area contributed by atoms with E-state index in [1.54, 1.807) is 37.4 Å². The van der Waals surface area contributed by atoms with Crippen LogP contribution in [0.25, 0.3) is 0 Å². The number of rotatable bonds is 5. The first-order valence-corrected chi connectivity index (χ1v) is 6.65. The van der Waals surface area contributed by atoms with E-state index < -0.39 is 5.91 Å². The van der Waals surface area contributed by atoms with E-state index in [1.165, 1.54) is 0 Å². The van der Waals surface area contributed by atoms with Gasteiger partial charge in [0.1, 0.15) is 5.75 Å². The van der Waals surface area contributed by atoms with Crippen LogP contribution in [0, 0.1) is 0 Å². The minimum absolute atomic E-state index is 0.371. The topological polar surface area (TPSA) is 90.4 Å². The molecule has 0 aliphatic rings. The fraction of sp³-hybridized carbons (Fsp3) is 0.133. The Hall–Kier alpha value is -2.40. The van der Waals surface area contributed by atoms with Crippen molar-refractivity contribution in [3.8, 4) is 5.75 Å². The number of halogens is 1. The van der Waals surface area contributed by atoms with Gasteiger partial charge in [0, 0.05) is 28.5 Å². The maximum Gasteiger partial charge on any atom is 0.250 e. The van der Waals surface area contributed by atoms with Crippen LogP contribution in [0.15, 0.2) is 36.4 Å². The molecule has 0 heterocycles. The zero-order chi connectivity index (χ0) is 15.4. The Kier molecular flexibility index (Phi) is 4.55. The predicted molar refractivity (Wildman–Crippen MR) is 84.7 cm³/mol. The Labute approximate surface area is 127 Å². The first-order valence-electron chi connectivity index (χ1n) is 6.27. The lowest BCUT2D eigenvalue weighted by molar-refractivity contribution is 0.100. The molecule has 2 aromatic carbocycles. The van der Waals surface area contributed by atoms with Crippen molar-refractivity contribution >= 4 is 28.9 Å². The standard InChI is InChI=1S/C15H16ClN3O2/c1-21-14-4-2-3-12(16)11(14)8-19-13-7-9(17)5-6-10(13)15(18)20/h2-7,19H,8,17H2,1H3,(H2,18,20). The van der Waals surface area contributed by atoms with Crippen molar-refractivity contribution in [3.63, 3.8) is 0 Å². The van der Waals surface area contributed by atoms with Gasteiger partial charge in [0.05, 0.1) is 12.7 Å². The number of amides is 1. The Morgan fingerprint density at radius 3 is 2.76 bits per heavy atom. The molecule has 0 aliphatic heterocycles. The number of nitrogens with two attached hydrogens (primary N) is 2. The minimum Gasteiger partial charge on any atom is -0.496 e. The van der Waals surface area contributed by atoms with Gasteiger partial charge in [-0.25, -0.2) is 0 Å². The maximum atomic E-state index is 11.4. The average molecular weight is 306 g/mol. The molecule has 0 saturated heterocycles. The largest absolute Gasteiger partial charge is 0.496 e. The van der Waals surface area contributed by atoms with Gasteiger partial charge in [-0.15, -0.1) is 0 Å². The van der Waals surface area contributed by atoms with Crippen molar-refractivity contribution in [2.75, 3.05) is 18.2 Å². The third-order valence-electron chi connectivity index (χ3n) is 3.06. The molecular formula is C15H16ClN3O2. The zero-order valence-electron chi connectivity index (χ0n) is 11.5. The Balaban J connectivity index is 2.28. The van der Waals surface area contributed by atoms with Gasteiger partial charge in [0.2, 0.25) is 0 Å². The second-order valence-electron chi connectivity index (χ2n) is 4.44. The van der Waals surface area contributed by atoms with Crippen LogP contribution < -0.4 is 21.5 Å². The van der Waals surface area contributed by atoms with Crippen LogP contribution in [0.3, 0.4) is 0 Å². The molecule has 110 valence electrons. The number of hydrogen-bond donors (Lipinski definition) is 3. The van der Waals surface area contributed by atoms with E-state index in [2.05, 4.69) is 5.32 Å². The van der Waals surface area contributed by atoms with Gasteiger partial charge in [0.25, 0.3) is 5.91 Å². The van der Waals surface area contributed by atoms with Gasteiger partial charge in [-0.2, -0.15) is 0 Å². The molecular weight excluding hydrogens is 290 g/mol. The van der Waals surface area contributed by atoms with E-state index in [-0.39, 0.29) is 0 Å². The summed E-state index contributed by atoms with van der Waals surface area (Å²) in [6.07, 6.45) is 0. The Morgan fingerprint density at radius 2 is 2.10 bits per heavy atom. The lowest BCUT2D eigenvalue weighted by atomic mass is 10.1. The van der Waals surface area contributed by atoms with Crippen LogP contribution in [-0.2, 0) is 6.54 Å². The lowest BCUT2D eigenvalue weighted by Gasteiger charge is -2.14. The summed E-state index contributed by atoms with van der Waals surface area (Å²) in [6, 6.07) is 10.3. The molecule has 0 aromatic heterocycles. The van der Waals surface area contributed by atoms with Crippen molar-refractivity contribution in [1.29, 1.82) is 0 Å². The lowest BCUT2D eigenvalue weighted by Crippen LogP contribution is -2.15. The molecule has 2 rings (SSSR count). The molecule has 21 heavy (non-hydrogen) atoms. The van der Waals surface area contributed by atoms with Crippen molar-refractivity contribution in [3.05, 3.63) is 52.5 Å². The molecule has 5 nitrogen and oxygen atoms in total. The molecule has 0 atom stereocenters. The van der Waals surface area contributed by atoms with Gasteiger partial charge < -0.3 is 21.5 Å². The van der Waals surface area contributed by atoms with Crippen molar-refractivity contribution in [2.24, 2.45) is 5.73 Å². The average Bonchev–Trinajstić information content (AvgIpc) is 2.45. The van der Waals surface area contributed by atoms with Crippen molar-refractivity contribution in [1.82, 2.24) is 0 Å². The van der Waals surface area contributed by atoms with Crippen LogP contribution in [0.2, 0.25) is 5.02 Å². The van der Waals surface area contributed by atoms with E-state index in [0.29, 0.717) is 34.3 Å². The fourth-order valence-corrected chi connectivity index (χ4v) is 2.24. The number of carbonyl (C=O) groups excluding carboxylic acids is 1. The fourth-order valence-electron chi connectivity index (χ4n) is 2.01. The number of benzene rings is 2. The van der Waals surface area contributed by atoms with Crippen LogP contribution in [-0.4, -0.2) is 13.0 Å². The quantitative estimate of drug-likeness (QED) is 0.741. The van der Waals surface area contributed by atoms with Gasteiger partial charge in [-0.05, 0) is 30.3 Å². The van der Waals surface area contributed by atoms with Gasteiger partial charge in [-0.1, -0.05) is 17.7 Å². The molecule has 0 fully saturated rings. The summed E-state index contributed by atoms with van der Waals surface area (Å²) in [7, 11) is 1.57. The van der Waals surface area contributed by atoms with E-state index in [9.17, 15) is 4.79 Å². The molecule has 6 heteroatoms. The highest BCUT2D eigenvalue weighted by Crippen LogP contribution is 2.28. The summed E-state index contributed by atoms with van der Waals surface area (Å²) in [4.78, 5) is 11.4. The molecule has 5 N–H and O–H groups in total. The number of ether oxygens (including phenoxy) is 1. The molecule has 0 saturated carbocycles. The number of anilines is 2. The van der Waals surface area contributed by atoms with Gasteiger partial charge >= 0.3 is 0 Å². The molecule has 0 spiro atoms. The van der Waals surface area contributed by atoms with Crippen LogP contribution >= 0.6 is 11.6 Å². The highest BCUT2D eigenvalue weighted by Gasteiger charge is 2.11. The van der Waals surface area contributed by atoms with Gasteiger partial charge in [0.15, 0.2) is 0 Å². The molecule has 0 radical (unpaired) electrons. The van der Waals surface area contributed by atoms with Crippen LogP contribution in [0.1, 0.15) is 15.9 Å². The summed E-state index contributed by atoms with van der Waals surface area (Å²) in [5, 5.41) is 3.70. The number of primary amides is 1. The monoisotopic (exact) mass is 305 g/mol. The van der Waals surface area contributed by atoms with E-state index >= 15 is 0 Å². The molecule has 2 aromatic rings.